The fraction of sp³-hybridized carbons (Fsp3) is 0.562. The molecule has 0 aliphatic carbocycles. The van der Waals surface area contributed by atoms with Crippen LogP contribution in [0.25, 0.3) is 0 Å². The second-order valence-corrected chi connectivity index (χ2v) is 6.10. The minimum absolute atomic E-state index is 0.130. The Hall–Kier alpha value is -1.35. The number of esters is 1. The highest BCUT2D eigenvalue weighted by atomic mass is 16.5. The van der Waals surface area contributed by atoms with Crippen LogP contribution in [0.1, 0.15) is 44.4 Å². The van der Waals surface area contributed by atoms with Gasteiger partial charge in [0.05, 0.1) is 6.61 Å². The van der Waals surface area contributed by atoms with Crippen LogP contribution in [0.2, 0.25) is 0 Å². The number of aryl methyl sites for hydroxylation is 1. The van der Waals surface area contributed by atoms with Crippen LogP contribution in [0.5, 0.6) is 0 Å². The molecule has 0 aromatic heterocycles. The van der Waals surface area contributed by atoms with Crippen molar-refractivity contribution in [2.75, 3.05) is 6.61 Å². The van der Waals surface area contributed by atoms with Gasteiger partial charge in [0, 0.05) is 6.42 Å². The molecule has 0 heterocycles. The molecule has 1 unspecified atom stereocenters. The Morgan fingerprint density at radius 1 is 1.37 bits per heavy atom. The number of hydrogen-bond acceptors (Lipinski definition) is 3. The monoisotopic (exact) mass is 263 g/mol. The number of carbonyl (C=O) groups is 1. The molecule has 19 heavy (non-hydrogen) atoms. The zero-order valence-electron chi connectivity index (χ0n) is 12.6. The first-order valence-electron chi connectivity index (χ1n) is 6.74. The van der Waals surface area contributed by atoms with Gasteiger partial charge in [-0.1, -0.05) is 39.0 Å². The number of hydrogen-bond donors (Lipinski definition) is 1. The molecule has 0 amide bonds. The molecule has 0 aliphatic heterocycles. The topological polar surface area (TPSA) is 52.3 Å². The van der Waals surface area contributed by atoms with Crippen molar-refractivity contribution in [1.29, 1.82) is 0 Å². The summed E-state index contributed by atoms with van der Waals surface area (Å²) in [5, 5.41) is 0. The van der Waals surface area contributed by atoms with Gasteiger partial charge in [-0.3, -0.25) is 4.79 Å². The molecule has 1 atom stereocenters. The zero-order chi connectivity index (χ0) is 14.6. The van der Waals surface area contributed by atoms with Gasteiger partial charge in [-0.2, -0.15) is 0 Å². The van der Waals surface area contributed by atoms with Crippen molar-refractivity contribution in [3.05, 3.63) is 34.9 Å². The molecule has 0 spiro atoms. The fourth-order valence-electron chi connectivity index (χ4n) is 1.80. The highest BCUT2D eigenvalue weighted by Gasteiger charge is 2.15. The highest BCUT2D eigenvalue weighted by Crippen LogP contribution is 2.24. The van der Waals surface area contributed by atoms with E-state index >= 15 is 0 Å². The second kappa shape index (κ2) is 6.20. The molecule has 0 radical (unpaired) electrons. The van der Waals surface area contributed by atoms with Crippen LogP contribution in [0.4, 0.5) is 0 Å². The smallest absolute Gasteiger partial charge is 0.322 e. The van der Waals surface area contributed by atoms with E-state index in [1.807, 2.05) is 0 Å². The summed E-state index contributed by atoms with van der Waals surface area (Å²) in [6, 6.07) is 5.94. The van der Waals surface area contributed by atoms with Crippen LogP contribution in [-0.4, -0.2) is 18.6 Å². The lowest BCUT2D eigenvalue weighted by Crippen LogP contribution is -2.29. The number of ether oxygens (including phenoxy) is 1. The normalized spacial score (nSPS) is 13.2. The van der Waals surface area contributed by atoms with Crippen LogP contribution in [0.15, 0.2) is 18.2 Å². The Kier molecular flexibility index (Phi) is 5.12. The van der Waals surface area contributed by atoms with E-state index in [1.54, 1.807) is 6.92 Å². The number of nitrogens with two attached hydrogens (primary N) is 1. The Labute approximate surface area is 116 Å². The Morgan fingerprint density at radius 3 is 2.53 bits per heavy atom. The maximum absolute atomic E-state index is 11.3. The zero-order valence-corrected chi connectivity index (χ0v) is 12.6. The molecule has 0 bridgehead atoms. The van der Waals surface area contributed by atoms with Gasteiger partial charge in [-0.05, 0) is 36.0 Å². The summed E-state index contributed by atoms with van der Waals surface area (Å²) >= 11 is 0. The van der Waals surface area contributed by atoms with E-state index in [4.69, 9.17) is 10.5 Å². The standard InChI is InChI=1S/C16H25NO2/c1-11-6-7-14(16(3,4)5)10-13(11)8-9-19-15(18)12(2)17/h6-7,10,12H,8-9,17H2,1-5H3. The molecule has 1 aromatic rings. The first-order chi connectivity index (χ1) is 8.71. The molecule has 3 nitrogen and oxygen atoms in total. The van der Waals surface area contributed by atoms with Crippen LogP contribution < -0.4 is 5.73 Å². The van der Waals surface area contributed by atoms with E-state index in [0.29, 0.717) is 6.61 Å². The summed E-state index contributed by atoms with van der Waals surface area (Å²) < 4.78 is 5.12. The first kappa shape index (κ1) is 15.7. The van der Waals surface area contributed by atoms with Gasteiger partial charge in [0.1, 0.15) is 6.04 Å². The van der Waals surface area contributed by atoms with Crippen LogP contribution in [0, 0.1) is 6.92 Å². The van der Waals surface area contributed by atoms with Crippen molar-refractivity contribution >= 4 is 5.97 Å². The van der Waals surface area contributed by atoms with E-state index in [-0.39, 0.29) is 11.4 Å². The van der Waals surface area contributed by atoms with E-state index < -0.39 is 6.04 Å². The average molecular weight is 263 g/mol. The second-order valence-electron chi connectivity index (χ2n) is 6.10. The highest BCUT2D eigenvalue weighted by molar-refractivity contribution is 5.74. The fourth-order valence-corrected chi connectivity index (χ4v) is 1.80. The van der Waals surface area contributed by atoms with Gasteiger partial charge in [0.25, 0.3) is 0 Å². The van der Waals surface area contributed by atoms with Crippen molar-refractivity contribution in [2.24, 2.45) is 5.73 Å². The number of benzene rings is 1. The largest absolute Gasteiger partial charge is 0.464 e. The summed E-state index contributed by atoms with van der Waals surface area (Å²) in [4.78, 5) is 11.3. The average Bonchev–Trinajstić information content (AvgIpc) is 2.29. The van der Waals surface area contributed by atoms with E-state index in [9.17, 15) is 4.79 Å². The van der Waals surface area contributed by atoms with Crippen molar-refractivity contribution in [1.82, 2.24) is 0 Å². The van der Waals surface area contributed by atoms with Crippen LogP contribution in [0.3, 0.4) is 0 Å². The maximum atomic E-state index is 11.3. The third-order valence-electron chi connectivity index (χ3n) is 3.20. The number of rotatable bonds is 4. The molecule has 0 saturated heterocycles. The van der Waals surface area contributed by atoms with E-state index in [0.717, 1.165) is 6.42 Å². The molecular weight excluding hydrogens is 238 g/mol. The molecule has 2 N–H and O–H groups in total. The van der Waals surface area contributed by atoms with Crippen molar-refractivity contribution < 1.29 is 9.53 Å². The summed E-state index contributed by atoms with van der Waals surface area (Å²) in [5.74, 6) is -0.343. The Morgan fingerprint density at radius 2 is 2.00 bits per heavy atom. The summed E-state index contributed by atoms with van der Waals surface area (Å²) in [7, 11) is 0. The van der Waals surface area contributed by atoms with Gasteiger partial charge in [-0.15, -0.1) is 0 Å². The minimum Gasteiger partial charge on any atom is -0.464 e. The van der Waals surface area contributed by atoms with Crippen molar-refractivity contribution in [3.63, 3.8) is 0 Å². The lowest BCUT2D eigenvalue weighted by Gasteiger charge is -2.21. The van der Waals surface area contributed by atoms with Gasteiger partial charge in [0.15, 0.2) is 0 Å². The maximum Gasteiger partial charge on any atom is 0.322 e. The number of carbonyl (C=O) groups excluding carboxylic acids is 1. The predicted molar refractivity (Wildman–Crippen MR) is 78.2 cm³/mol. The molecule has 3 heteroatoms. The van der Waals surface area contributed by atoms with E-state index in [2.05, 4.69) is 45.9 Å². The molecule has 1 rings (SSSR count). The quantitative estimate of drug-likeness (QED) is 0.850. The SMILES string of the molecule is Cc1ccc(C(C)(C)C)cc1CCOC(=O)C(C)N. The molecular formula is C16H25NO2. The third-order valence-corrected chi connectivity index (χ3v) is 3.20. The molecule has 106 valence electrons. The van der Waals surface area contributed by atoms with Gasteiger partial charge in [-0.25, -0.2) is 0 Å². The van der Waals surface area contributed by atoms with Gasteiger partial charge >= 0.3 is 5.97 Å². The Bertz CT molecular complexity index is 445. The first-order valence-corrected chi connectivity index (χ1v) is 6.74. The minimum atomic E-state index is -0.554. The van der Waals surface area contributed by atoms with Crippen molar-refractivity contribution in [2.45, 2.75) is 52.5 Å². The molecule has 1 aromatic carbocycles. The van der Waals surface area contributed by atoms with E-state index in [1.165, 1.54) is 16.7 Å². The third kappa shape index (κ3) is 4.67. The van der Waals surface area contributed by atoms with Crippen LogP contribution >= 0.6 is 0 Å². The van der Waals surface area contributed by atoms with Crippen LogP contribution in [-0.2, 0) is 21.4 Å². The summed E-state index contributed by atoms with van der Waals surface area (Å²) in [5.41, 5.74) is 9.33. The summed E-state index contributed by atoms with van der Waals surface area (Å²) in [6.45, 7) is 10.7. The lowest BCUT2D eigenvalue weighted by atomic mass is 9.85. The van der Waals surface area contributed by atoms with Gasteiger partial charge in [0.2, 0.25) is 0 Å². The molecule has 0 saturated carbocycles. The Balaban J connectivity index is 2.70. The summed E-state index contributed by atoms with van der Waals surface area (Å²) in [6.07, 6.45) is 0.730. The predicted octanol–water partition coefficient (Wildman–Crippen LogP) is 2.73. The molecule has 0 aliphatic rings. The van der Waals surface area contributed by atoms with Crippen molar-refractivity contribution in [3.8, 4) is 0 Å². The lowest BCUT2D eigenvalue weighted by molar-refractivity contribution is -0.144. The molecule has 0 fully saturated rings. The van der Waals surface area contributed by atoms with Gasteiger partial charge < -0.3 is 10.5 Å².